The van der Waals surface area contributed by atoms with Crippen LogP contribution in [-0.2, 0) is 10.8 Å². The second kappa shape index (κ2) is 11.9. The Balaban J connectivity index is 1.16. The number of rotatable bonds is 4. The van der Waals surface area contributed by atoms with E-state index in [2.05, 4.69) is 219 Å². The third kappa shape index (κ3) is 4.69. The zero-order valence-electron chi connectivity index (χ0n) is 32.2. The van der Waals surface area contributed by atoms with Crippen LogP contribution in [0.25, 0.3) is 43.4 Å². The fourth-order valence-electron chi connectivity index (χ4n) is 9.88. The molecular weight excluding hydrogens is 677 g/mol. The summed E-state index contributed by atoms with van der Waals surface area (Å²) in [5, 5.41) is 7.60. The van der Waals surface area contributed by atoms with Gasteiger partial charge in [0.2, 0.25) is 0 Å². The standard InChI is InChI=1S/C54H42N2/c1-53(2)46-22-12-13-24-50(46)56(39-19-6-5-7-20-39)52-44-21-14-23-47-51(44)45(34-49(52)53)43-30-29-42(33-48(43)54(47,3)4)55(40-27-25-35-15-8-10-17-37(35)31-40)41-28-26-36-16-9-11-18-38(36)32-41/h5-34H,1-4H3. The lowest BCUT2D eigenvalue weighted by molar-refractivity contribution is 0.631. The van der Waals surface area contributed by atoms with Crippen molar-refractivity contribution in [2.24, 2.45) is 0 Å². The molecule has 0 fully saturated rings. The number of benzene rings is 9. The van der Waals surface area contributed by atoms with Crippen molar-refractivity contribution in [1.82, 2.24) is 0 Å². The van der Waals surface area contributed by atoms with Crippen molar-refractivity contribution in [1.29, 1.82) is 0 Å². The molecule has 2 aliphatic rings. The van der Waals surface area contributed by atoms with Crippen LogP contribution in [0.4, 0.5) is 34.1 Å². The van der Waals surface area contributed by atoms with Gasteiger partial charge in [0.25, 0.3) is 0 Å². The van der Waals surface area contributed by atoms with Crippen LogP contribution in [0.2, 0.25) is 0 Å². The Morgan fingerprint density at radius 1 is 0.393 bits per heavy atom. The summed E-state index contributed by atoms with van der Waals surface area (Å²) in [6.45, 7) is 9.63. The van der Waals surface area contributed by atoms with E-state index in [1.54, 1.807) is 0 Å². The topological polar surface area (TPSA) is 6.48 Å². The summed E-state index contributed by atoms with van der Waals surface area (Å²) < 4.78 is 0. The minimum atomic E-state index is -0.260. The molecule has 11 rings (SSSR count). The van der Waals surface area contributed by atoms with E-state index in [0.717, 1.165) is 17.1 Å². The van der Waals surface area contributed by atoms with Crippen LogP contribution < -0.4 is 9.80 Å². The lowest BCUT2D eigenvalue weighted by Gasteiger charge is -2.44. The summed E-state index contributed by atoms with van der Waals surface area (Å²) in [5.74, 6) is 0. The van der Waals surface area contributed by atoms with E-state index >= 15 is 0 Å². The molecule has 9 aromatic carbocycles. The van der Waals surface area contributed by atoms with E-state index in [-0.39, 0.29) is 10.8 Å². The molecule has 0 radical (unpaired) electrons. The normalized spacial score (nSPS) is 14.7. The van der Waals surface area contributed by atoms with Crippen LogP contribution >= 0.6 is 0 Å². The summed E-state index contributed by atoms with van der Waals surface area (Å²) in [6.07, 6.45) is 0. The van der Waals surface area contributed by atoms with Gasteiger partial charge in [-0.15, -0.1) is 0 Å². The van der Waals surface area contributed by atoms with Gasteiger partial charge in [-0.05, 0) is 121 Å². The van der Waals surface area contributed by atoms with Gasteiger partial charge >= 0.3 is 0 Å². The number of anilines is 6. The number of nitrogens with zero attached hydrogens (tertiary/aromatic N) is 2. The molecule has 0 amide bonds. The quantitative estimate of drug-likeness (QED) is 0.179. The first-order chi connectivity index (χ1) is 27.3. The third-order valence-corrected chi connectivity index (χ3v) is 12.7. The molecule has 56 heavy (non-hydrogen) atoms. The van der Waals surface area contributed by atoms with Gasteiger partial charge in [-0.25, -0.2) is 0 Å². The van der Waals surface area contributed by atoms with E-state index in [1.165, 1.54) is 82.8 Å². The van der Waals surface area contributed by atoms with E-state index in [1.807, 2.05) is 0 Å². The molecule has 0 saturated heterocycles. The Hall–Kier alpha value is -6.64. The third-order valence-electron chi connectivity index (χ3n) is 12.7. The second-order valence-corrected chi connectivity index (χ2v) is 16.6. The van der Waals surface area contributed by atoms with E-state index in [9.17, 15) is 0 Å². The zero-order chi connectivity index (χ0) is 37.8. The van der Waals surface area contributed by atoms with Gasteiger partial charge in [-0.3, -0.25) is 0 Å². The zero-order valence-corrected chi connectivity index (χ0v) is 32.2. The first kappa shape index (κ1) is 32.8. The van der Waals surface area contributed by atoms with E-state index < -0.39 is 0 Å². The van der Waals surface area contributed by atoms with Gasteiger partial charge in [-0.2, -0.15) is 0 Å². The predicted octanol–water partition coefficient (Wildman–Crippen LogP) is 15.0. The first-order valence-corrected chi connectivity index (χ1v) is 19.8. The molecule has 2 heteroatoms. The first-order valence-electron chi connectivity index (χ1n) is 19.8. The predicted molar refractivity (Wildman–Crippen MR) is 238 cm³/mol. The molecule has 0 bridgehead atoms. The van der Waals surface area contributed by atoms with Crippen molar-refractivity contribution in [3.8, 4) is 11.1 Å². The minimum absolute atomic E-state index is 0.214. The Bertz CT molecular complexity index is 2960. The SMILES string of the molecule is CC1(C)c2ccccc2N(c2ccccc2)c2c1cc1c3c(cccc23)C(C)(C)c2cc(N(c3ccc4ccccc4c3)c3ccc4ccccc4c3)ccc2-1. The maximum Gasteiger partial charge on any atom is 0.0581 e. The molecule has 1 aliphatic carbocycles. The number of fused-ring (bicyclic) bond motifs is 7. The van der Waals surface area contributed by atoms with Gasteiger partial charge < -0.3 is 9.80 Å². The van der Waals surface area contributed by atoms with Crippen molar-refractivity contribution < 1.29 is 0 Å². The fraction of sp³-hybridized carbons (Fsp3) is 0.111. The lowest BCUT2D eigenvalue weighted by Crippen LogP contribution is -2.32. The highest BCUT2D eigenvalue weighted by molar-refractivity contribution is 6.13. The molecule has 2 nitrogen and oxygen atoms in total. The summed E-state index contributed by atoms with van der Waals surface area (Å²) in [6, 6.07) is 67.6. The Morgan fingerprint density at radius 2 is 0.946 bits per heavy atom. The van der Waals surface area contributed by atoms with Crippen molar-refractivity contribution in [2.75, 3.05) is 9.80 Å². The molecule has 268 valence electrons. The lowest BCUT2D eigenvalue weighted by atomic mass is 9.65. The Labute approximate surface area is 328 Å². The molecule has 1 heterocycles. The van der Waals surface area contributed by atoms with Crippen LogP contribution in [0.15, 0.2) is 182 Å². The van der Waals surface area contributed by atoms with Crippen molar-refractivity contribution in [3.05, 3.63) is 204 Å². The molecule has 1 aliphatic heterocycles. The number of para-hydroxylation sites is 2. The van der Waals surface area contributed by atoms with Crippen LogP contribution in [-0.4, -0.2) is 0 Å². The molecule has 0 unspecified atom stereocenters. The Morgan fingerprint density at radius 3 is 1.64 bits per heavy atom. The van der Waals surface area contributed by atoms with Crippen LogP contribution in [0, 0.1) is 0 Å². The number of hydrogen-bond acceptors (Lipinski definition) is 2. The largest absolute Gasteiger partial charge is 0.310 e. The van der Waals surface area contributed by atoms with Crippen LogP contribution in [0.1, 0.15) is 49.9 Å². The maximum atomic E-state index is 2.53. The highest BCUT2D eigenvalue weighted by Gasteiger charge is 2.41. The molecule has 0 spiro atoms. The molecule has 9 aromatic rings. The monoisotopic (exact) mass is 718 g/mol. The van der Waals surface area contributed by atoms with Crippen molar-refractivity contribution >= 4 is 66.4 Å². The van der Waals surface area contributed by atoms with Gasteiger partial charge in [-0.1, -0.05) is 149 Å². The average molecular weight is 719 g/mol. The van der Waals surface area contributed by atoms with Gasteiger partial charge in [0.15, 0.2) is 0 Å². The van der Waals surface area contributed by atoms with Gasteiger partial charge in [0.1, 0.15) is 0 Å². The molecule has 0 aromatic heterocycles. The number of hydrogen-bond donors (Lipinski definition) is 0. The van der Waals surface area contributed by atoms with Gasteiger partial charge in [0, 0.05) is 39.0 Å². The summed E-state index contributed by atoms with van der Waals surface area (Å²) in [5.41, 5.74) is 14.7. The van der Waals surface area contributed by atoms with Crippen molar-refractivity contribution in [3.63, 3.8) is 0 Å². The maximum absolute atomic E-state index is 2.53. The van der Waals surface area contributed by atoms with E-state index in [4.69, 9.17) is 0 Å². The highest BCUT2D eigenvalue weighted by Crippen LogP contribution is 2.59. The smallest absolute Gasteiger partial charge is 0.0581 e. The summed E-state index contributed by atoms with van der Waals surface area (Å²) in [7, 11) is 0. The average Bonchev–Trinajstić information content (AvgIpc) is 3.23. The molecule has 0 N–H and O–H groups in total. The molecular formula is C54H42N2. The van der Waals surface area contributed by atoms with Crippen molar-refractivity contribution in [2.45, 2.75) is 38.5 Å². The van der Waals surface area contributed by atoms with Gasteiger partial charge in [0.05, 0.1) is 11.4 Å². The molecule has 0 saturated carbocycles. The molecule has 0 atom stereocenters. The van der Waals surface area contributed by atoms with E-state index in [0.29, 0.717) is 0 Å². The minimum Gasteiger partial charge on any atom is -0.310 e. The van der Waals surface area contributed by atoms with Crippen LogP contribution in [0.3, 0.4) is 0 Å². The second-order valence-electron chi connectivity index (χ2n) is 16.6. The Kier molecular flexibility index (Phi) is 6.98. The fourth-order valence-corrected chi connectivity index (χ4v) is 9.88. The summed E-state index contributed by atoms with van der Waals surface area (Å²) >= 11 is 0. The summed E-state index contributed by atoms with van der Waals surface area (Å²) in [4.78, 5) is 4.95. The van der Waals surface area contributed by atoms with Crippen LogP contribution in [0.5, 0.6) is 0 Å². The highest BCUT2D eigenvalue weighted by atomic mass is 15.2.